The number of ketones is 1. The normalized spacial score (nSPS) is 12.1. The molecule has 4 nitrogen and oxygen atoms in total. The Bertz CT molecular complexity index is 325. The first-order valence-electron chi connectivity index (χ1n) is 3.50. The summed E-state index contributed by atoms with van der Waals surface area (Å²) in [5.41, 5.74) is -1.44. The van der Waals surface area contributed by atoms with E-state index in [1.807, 2.05) is 0 Å². The summed E-state index contributed by atoms with van der Waals surface area (Å²) in [6, 6.07) is 7.93. The Labute approximate surface area is 79.3 Å². The number of hydrogen-bond donors (Lipinski definition) is 0. The maximum Gasteiger partial charge on any atom is 0.348 e. The highest BCUT2D eigenvalue weighted by Crippen LogP contribution is 2.08. The minimum absolute atomic E-state index is 0.249. The predicted octanol–water partition coefficient (Wildman–Crippen LogP) is 1.71. The van der Waals surface area contributed by atoms with Crippen LogP contribution < -0.4 is 0 Å². The van der Waals surface area contributed by atoms with Crippen molar-refractivity contribution >= 4 is 17.4 Å². The van der Waals surface area contributed by atoms with Crippen LogP contribution in [0.3, 0.4) is 0 Å². The van der Waals surface area contributed by atoms with Gasteiger partial charge in [-0.1, -0.05) is 30.3 Å². The van der Waals surface area contributed by atoms with E-state index in [0.29, 0.717) is 0 Å². The monoisotopic (exact) mass is 199 g/mol. The van der Waals surface area contributed by atoms with Crippen molar-refractivity contribution in [1.82, 2.24) is 0 Å². The molecule has 1 atom stereocenters. The second-order valence-corrected chi connectivity index (χ2v) is 2.76. The van der Waals surface area contributed by atoms with Crippen LogP contribution >= 0.6 is 11.6 Å². The molecule has 0 N–H and O–H groups in total. The van der Waals surface area contributed by atoms with E-state index in [1.54, 1.807) is 18.2 Å². The van der Waals surface area contributed by atoms with Gasteiger partial charge in [0.25, 0.3) is 5.78 Å². The van der Waals surface area contributed by atoms with Gasteiger partial charge >= 0.3 is 5.50 Å². The minimum Gasteiger partial charge on any atom is -0.285 e. The van der Waals surface area contributed by atoms with E-state index >= 15 is 0 Å². The molecule has 0 fully saturated rings. The number of rotatable bonds is 3. The third kappa shape index (κ3) is 2.26. The number of Topliss-reactive ketones (excluding diaryl/α,β-unsaturated/α-hetero) is 1. The molecule has 1 rings (SSSR count). The van der Waals surface area contributed by atoms with Gasteiger partial charge in [0.15, 0.2) is 0 Å². The average molecular weight is 200 g/mol. The highest BCUT2D eigenvalue weighted by molar-refractivity contribution is 6.32. The summed E-state index contributed by atoms with van der Waals surface area (Å²) >= 11 is 5.25. The molecule has 0 heterocycles. The molecule has 0 bridgehead atoms. The predicted molar refractivity (Wildman–Crippen MR) is 47.4 cm³/mol. The molecule has 1 aromatic rings. The van der Waals surface area contributed by atoms with Crippen molar-refractivity contribution in [2.45, 2.75) is 5.50 Å². The number of hydrogen-bond acceptors (Lipinski definition) is 3. The molecule has 1 unspecified atom stereocenters. The van der Waals surface area contributed by atoms with Gasteiger partial charge < -0.3 is 0 Å². The van der Waals surface area contributed by atoms with E-state index in [-0.39, 0.29) is 5.56 Å². The second-order valence-electron chi connectivity index (χ2n) is 2.35. The van der Waals surface area contributed by atoms with Gasteiger partial charge in [-0.3, -0.25) is 14.9 Å². The molecular weight excluding hydrogens is 194 g/mol. The van der Waals surface area contributed by atoms with Crippen molar-refractivity contribution in [2.75, 3.05) is 0 Å². The summed E-state index contributed by atoms with van der Waals surface area (Å²) in [7, 11) is 0. The van der Waals surface area contributed by atoms with Crippen LogP contribution in [0.4, 0.5) is 0 Å². The van der Waals surface area contributed by atoms with Crippen LogP contribution in [-0.2, 0) is 0 Å². The molecule has 0 saturated carbocycles. The average Bonchev–Trinajstić information content (AvgIpc) is 2.17. The lowest BCUT2D eigenvalue weighted by Gasteiger charge is -1.99. The number of benzene rings is 1. The third-order valence-corrected chi connectivity index (χ3v) is 1.82. The van der Waals surface area contributed by atoms with E-state index in [1.165, 1.54) is 12.1 Å². The van der Waals surface area contributed by atoms with Crippen LogP contribution in [0.5, 0.6) is 0 Å². The number of nitrogens with zero attached hydrogens (tertiary/aromatic N) is 1. The second kappa shape index (κ2) is 4.00. The molecule has 5 heteroatoms. The Morgan fingerprint density at radius 3 is 2.38 bits per heavy atom. The summed E-state index contributed by atoms with van der Waals surface area (Å²) in [4.78, 5) is 20.6. The lowest BCUT2D eigenvalue weighted by molar-refractivity contribution is -0.482. The van der Waals surface area contributed by atoms with E-state index in [4.69, 9.17) is 11.6 Å². The molecule has 0 aliphatic heterocycles. The fraction of sp³-hybridized carbons (Fsp3) is 0.125. The standard InChI is InChI=1S/C8H6ClNO3/c9-8(10(12)13)7(11)6-4-2-1-3-5-6/h1-5,8H. The molecule has 0 aromatic heterocycles. The number of halogens is 1. The Morgan fingerprint density at radius 1 is 1.38 bits per heavy atom. The van der Waals surface area contributed by atoms with Crippen molar-refractivity contribution in [2.24, 2.45) is 0 Å². The molecule has 0 saturated heterocycles. The van der Waals surface area contributed by atoms with Crippen molar-refractivity contribution in [3.05, 3.63) is 46.0 Å². The summed E-state index contributed by atoms with van der Waals surface area (Å²) in [5, 5.41) is 10.2. The number of alkyl halides is 1. The molecule has 0 aliphatic rings. The molecule has 1 aromatic carbocycles. The van der Waals surface area contributed by atoms with Crippen molar-refractivity contribution in [1.29, 1.82) is 0 Å². The highest BCUT2D eigenvalue weighted by atomic mass is 35.5. The zero-order chi connectivity index (χ0) is 9.84. The maximum absolute atomic E-state index is 11.2. The highest BCUT2D eigenvalue weighted by Gasteiger charge is 2.27. The number of carbonyl (C=O) groups excluding carboxylic acids is 1. The molecule has 13 heavy (non-hydrogen) atoms. The van der Waals surface area contributed by atoms with E-state index < -0.39 is 16.2 Å². The molecule has 0 aliphatic carbocycles. The first kappa shape index (κ1) is 9.67. The van der Waals surface area contributed by atoms with Crippen LogP contribution in [0.15, 0.2) is 30.3 Å². The molecular formula is C8H6ClNO3. The van der Waals surface area contributed by atoms with Crippen molar-refractivity contribution < 1.29 is 9.72 Å². The van der Waals surface area contributed by atoms with Gasteiger partial charge in [0.05, 0.1) is 0 Å². The van der Waals surface area contributed by atoms with Gasteiger partial charge in [-0.2, -0.15) is 0 Å². The van der Waals surface area contributed by atoms with Gasteiger partial charge in [0.2, 0.25) is 0 Å². The quantitative estimate of drug-likeness (QED) is 0.245. The fourth-order valence-corrected chi connectivity index (χ4v) is 0.962. The van der Waals surface area contributed by atoms with Crippen molar-refractivity contribution in [3.63, 3.8) is 0 Å². The molecule has 0 amide bonds. The number of carbonyl (C=O) groups is 1. The van der Waals surface area contributed by atoms with Crippen LogP contribution in [0.1, 0.15) is 10.4 Å². The molecule has 68 valence electrons. The Morgan fingerprint density at radius 2 is 1.92 bits per heavy atom. The summed E-state index contributed by atoms with van der Waals surface area (Å²) in [6.07, 6.45) is 0. The van der Waals surface area contributed by atoms with Gasteiger partial charge in [-0.15, -0.1) is 0 Å². The van der Waals surface area contributed by atoms with Crippen LogP contribution in [0, 0.1) is 10.1 Å². The lowest BCUT2D eigenvalue weighted by Crippen LogP contribution is -2.23. The summed E-state index contributed by atoms with van der Waals surface area (Å²) in [5.74, 6) is -0.688. The lowest BCUT2D eigenvalue weighted by atomic mass is 10.1. The van der Waals surface area contributed by atoms with Gasteiger partial charge in [-0.25, -0.2) is 0 Å². The van der Waals surface area contributed by atoms with Crippen LogP contribution in [0.2, 0.25) is 0 Å². The summed E-state index contributed by atoms with van der Waals surface area (Å²) < 4.78 is 0. The summed E-state index contributed by atoms with van der Waals surface area (Å²) in [6.45, 7) is 0. The maximum atomic E-state index is 11.2. The molecule has 0 spiro atoms. The Kier molecular flexibility index (Phi) is 2.97. The smallest absolute Gasteiger partial charge is 0.285 e. The van der Waals surface area contributed by atoms with Crippen molar-refractivity contribution in [3.8, 4) is 0 Å². The van der Waals surface area contributed by atoms with Gasteiger partial charge in [0, 0.05) is 10.5 Å². The first-order valence-corrected chi connectivity index (χ1v) is 3.93. The first-order chi connectivity index (χ1) is 6.13. The Hall–Kier alpha value is -1.42. The fourth-order valence-electron chi connectivity index (χ4n) is 0.836. The van der Waals surface area contributed by atoms with Crippen LogP contribution in [0.25, 0.3) is 0 Å². The number of nitro groups is 1. The Balaban J connectivity index is 2.86. The zero-order valence-corrected chi connectivity index (χ0v) is 7.27. The van der Waals surface area contributed by atoms with Gasteiger partial charge in [0.1, 0.15) is 0 Å². The van der Waals surface area contributed by atoms with Crippen LogP contribution in [-0.4, -0.2) is 16.2 Å². The topological polar surface area (TPSA) is 60.2 Å². The molecule has 0 radical (unpaired) electrons. The largest absolute Gasteiger partial charge is 0.348 e. The van der Waals surface area contributed by atoms with Gasteiger partial charge in [-0.05, 0) is 11.6 Å². The minimum atomic E-state index is -1.69. The third-order valence-electron chi connectivity index (χ3n) is 1.46. The van der Waals surface area contributed by atoms with E-state index in [0.717, 1.165) is 0 Å². The SMILES string of the molecule is O=C(c1ccccc1)C(Cl)[N+](=O)[O-]. The van der Waals surface area contributed by atoms with E-state index in [9.17, 15) is 14.9 Å². The van der Waals surface area contributed by atoms with E-state index in [2.05, 4.69) is 0 Å². The zero-order valence-electron chi connectivity index (χ0n) is 6.51.